The molecule has 0 radical (unpaired) electrons. The van der Waals surface area contributed by atoms with Gasteiger partial charge in [-0.15, -0.1) is 0 Å². The first-order valence-electron chi connectivity index (χ1n) is 10.3. The number of amides is 2. The molecule has 4 rings (SSSR count). The summed E-state index contributed by atoms with van der Waals surface area (Å²) in [5.41, 5.74) is 1.97. The fraction of sp³-hybridized carbons (Fsp3) is 0.619. The molecule has 0 saturated carbocycles. The number of ether oxygens (including phenoxy) is 3. The zero-order valence-electron chi connectivity index (χ0n) is 16.2. The Kier molecular flexibility index (Phi) is 6.12. The Labute approximate surface area is 165 Å². The van der Waals surface area contributed by atoms with E-state index < -0.39 is 0 Å². The summed E-state index contributed by atoms with van der Waals surface area (Å²) in [6.07, 6.45) is 4.33. The molecule has 1 aromatic carbocycles. The second kappa shape index (κ2) is 8.92. The van der Waals surface area contributed by atoms with E-state index in [1.54, 1.807) is 0 Å². The van der Waals surface area contributed by atoms with Crippen LogP contribution in [0.15, 0.2) is 18.2 Å². The molecule has 28 heavy (non-hydrogen) atoms. The van der Waals surface area contributed by atoms with Gasteiger partial charge in [-0.2, -0.15) is 0 Å². The minimum Gasteiger partial charge on any atom is -0.494 e. The van der Waals surface area contributed by atoms with Crippen LogP contribution in [0.3, 0.4) is 0 Å². The lowest BCUT2D eigenvalue weighted by atomic mass is 9.97. The van der Waals surface area contributed by atoms with E-state index >= 15 is 0 Å². The standard InChI is InChI=1S/C21H28N2O5/c24-19-8-5-15-13-17(6-7-18(15)22-19)26-10-2-4-20(25)23-9-1-3-16(14-23)21-27-11-12-28-21/h6-7,13,16,21H,1-5,8-12,14H2,(H,22,24). The van der Waals surface area contributed by atoms with Crippen molar-refractivity contribution in [3.63, 3.8) is 0 Å². The van der Waals surface area contributed by atoms with E-state index in [2.05, 4.69) is 5.32 Å². The van der Waals surface area contributed by atoms with Crippen LogP contribution >= 0.6 is 0 Å². The van der Waals surface area contributed by atoms with Crippen LogP contribution in [0.4, 0.5) is 5.69 Å². The van der Waals surface area contributed by atoms with Gasteiger partial charge in [-0.3, -0.25) is 9.59 Å². The summed E-state index contributed by atoms with van der Waals surface area (Å²) in [6.45, 7) is 3.35. The van der Waals surface area contributed by atoms with Crippen molar-refractivity contribution in [1.82, 2.24) is 4.90 Å². The Hall–Kier alpha value is -2.12. The van der Waals surface area contributed by atoms with Gasteiger partial charge in [0.25, 0.3) is 0 Å². The van der Waals surface area contributed by atoms with E-state index in [0.717, 1.165) is 49.4 Å². The van der Waals surface area contributed by atoms with Gasteiger partial charge in [-0.05, 0) is 49.4 Å². The molecule has 0 spiro atoms. The molecule has 0 aromatic heterocycles. The van der Waals surface area contributed by atoms with Crippen molar-refractivity contribution in [3.05, 3.63) is 23.8 Å². The number of nitrogens with zero attached hydrogens (tertiary/aromatic N) is 1. The van der Waals surface area contributed by atoms with Crippen molar-refractivity contribution < 1.29 is 23.8 Å². The summed E-state index contributed by atoms with van der Waals surface area (Å²) in [6, 6.07) is 5.73. The first kappa shape index (κ1) is 19.2. The molecule has 3 aliphatic rings. The molecule has 2 fully saturated rings. The number of hydrogen-bond acceptors (Lipinski definition) is 5. The second-order valence-electron chi connectivity index (χ2n) is 7.67. The number of carbonyl (C=O) groups excluding carboxylic acids is 2. The van der Waals surface area contributed by atoms with Gasteiger partial charge in [0.15, 0.2) is 6.29 Å². The molecule has 1 unspecified atom stereocenters. The molecule has 1 aromatic rings. The van der Waals surface area contributed by atoms with Gasteiger partial charge in [-0.1, -0.05) is 0 Å². The largest absolute Gasteiger partial charge is 0.494 e. The maximum Gasteiger partial charge on any atom is 0.224 e. The number of anilines is 1. The van der Waals surface area contributed by atoms with Gasteiger partial charge in [0.2, 0.25) is 11.8 Å². The molecular weight excluding hydrogens is 360 g/mol. The quantitative estimate of drug-likeness (QED) is 0.757. The molecule has 7 nitrogen and oxygen atoms in total. The molecule has 0 bridgehead atoms. The Morgan fingerprint density at radius 3 is 2.96 bits per heavy atom. The zero-order chi connectivity index (χ0) is 19.3. The van der Waals surface area contributed by atoms with Crippen LogP contribution in [0.25, 0.3) is 0 Å². The van der Waals surface area contributed by atoms with Crippen molar-refractivity contribution in [2.75, 3.05) is 38.2 Å². The van der Waals surface area contributed by atoms with Crippen LogP contribution in [0.2, 0.25) is 0 Å². The van der Waals surface area contributed by atoms with Crippen LogP contribution in [0.1, 0.15) is 37.7 Å². The average molecular weight is 388 g/mol. The van der Waals surface area contributed by atoms with Crippen LogP contribution in [0.5, 0.6) is 5.75 Å². The fourth-order valence-corrected chi connectivity index (χ4v) is 4.13. The molecule has 152 valence electrons. The highest BCUT2D eigenvalue weighted by atomic mass is 16.7. The molecule has 3 aliphatic heterocycles. The Morgan fingerprint density at radius 1 is 1.25 bits per heavy atom. The average Bonchev–Trinajstić information content (AvgIpc) is 3.26. The van der Waals surface area contributed by atoms with Crippen LogP contribution in [-0.4, -0.2) is 55.9 Å². The topological polar surface area (TPSA) is 77.1 Å². The number of hydrogen-bond donors (Lipinski definition) is 1. The lowest BCUT2D eigenvalue weighted by molar-refractivity contribution is -0.139. The summed E-state index contributed by atoms with van der Waals surface area (Å²) in [5.74, 6) is 1.31. The lowest BCUT2D eigenvalue weighted by Crippen LogP contribution is -2.43. The van der Waals surface area contributed by atoms with E-state index in [9.17, 15) is 9.59 Å². The number of benzene rings is 1. The molecule has 2 amide bonds. The second-order valence-corrected chi connectivity index (χ2v) is 7.67. The molecular formula is C21H28N2O5. The molecule has 1 N–H and O–H groups in total. The van der Waals surface area contributed by atoms with Gasteiger partial charge < -0.3 is 24.4 Å². The third-order valence-corrected chi connectivity index (χ3v) is 5.62. The zero-order valence-corrected chi connectivity index (χ0v) is 16.2. The van der Waals surface area contributed by atoms with E-state index in [4.69, 9.17) is 14.2 Å². The number of fused-ring (bicyclic) bond motifs is 1. The molecule has 3 heterocycles. The first-order valence-corrected chi connectivity index (χ1v) is 10.3. The monoisotopic (exact) mass is 388 g/mol. The van der Waals surface area contributed by atoms with E-state index in [1.807, 2.05) is 23.1 Å². The Morgan fingerprint density at radius 2 is 2.11 bits per heavy atom. The minimum absolute atomic E-state index is 0.0608. The van der Waals surface area contributed by atoms with Gasteiger partial charge >= 0.3 is 0 Å². The number of piperidine rings is 1. The van der Waals surface area contributed by atoms with Crippen molar-refractivity contribution in [3.8, 4) is 5.75 Å². The van der Waals surface area contributed by atoms with Crippen LogP contribution in [0, 0.1) is 5.92 Å². The summed E-state index contributed by atoms with van der Waals surface area (Å²) >= 11 is 0. The van der Waals surface area contributed by atoms with Crippen molar-refractivity contribution in [2.45, 2.75) is 44.8 Å². The number of rotatable bonds is 6. The number of aryl methyl sites for hydroxylation is 1. The molecule has 7 heteroatoms. The highest BCUT2D eigenvalue weighted by Crippen LogP contribution is 2.27. The first-order chi connectivity index (χ1) is 13.7. The van der Waals surface area contributed by atoms with Crippen LogP contribution in [-0.2, 0) is 25.5 Å². The van der Waals surface area contributed by atoms with Gasteiger partial charge in [-0.25, -0.2) is 0 Å². The minimum atomic E-state index is -0.146. The molecule has 2 saturated heterocycles. The van der Waals surface area contributed by atoms with E-state index in [0.29, 0.717) is 39.1 Å². The van der Waals surface area contributed by atoms with Crippen molar-refractivity contribution >= 4 is 17.5 Å². The fourth-order valence-electron chi connectivity index (χ4n) is 4.13. The smallest absolute Gasteiger partial charge is 0.224 e. The van der Waals surface area contributed by atoms with E-state index in [1.165, 1.54) is 0 Å². The van der Waals surface area contributed by atoms with Crippen molar-refractivity contribution in [1.29, 1.82) is 0 Å². The number of carbonyl (C=O) groups is 2. The van der Waals surface area contributed by atoms with Gasteiger partial charge in [0, 0.05) is 37.5 Å². The summed E-state index contributed by atoms with van der Waals surface area (Å²) in [7, 11) is 0. The molecule has 1 atom stereocenters. The molecule has 0 aliphatic carbocycles. The normalized spacial score (nSPS) is 22.6. The van der Waals surface area contributed by atoms with Gasteiger partial charge in [0.1, 0.15) is 5.75 Å². The number of likely N-dealkylation sites (tertiary alicyclic amines) is 1. The van der Waals surface area contributed by atoms with Gasteiger partial charge in [0.05, 0.1) is 19.8 Å². The lowest BCUT2D eigenvalue weighted by Gasteiger charge is -2.34. The highest BCUT2D eigenvalue weighted by Gasteiger charge is 2.32. The maximum atomic E-state index is 12.5. The SMILES string of the molecule is O=C1CCc2cc(OCCCC(=O)N3CCCC(C4OCCO4)C3)ccc2N1. The Bertz CT molecular complexity index is 717. The predicted molar refractivity (Wildman–Crippen MR) is 103 cm³/mol. The third-order valence-electron chi connectivity index (χ3n) is 5.62. The maximum absolute atomic E-state index is 12.5. The predicted octanol–water partition coefficient (Wildman–Crippen LogP) is 2.34. The summed E-state index contributed by atoms with van der Waals surface area (Å²) in [5, 5.41) is 2.87. The highest BCUT2D eigenvalue weighted by molar-refractivity contribution is 5.94. The third kappa shape index (κ3) is 4.64. The summed E-state index contributed by atoms with van der Waals surface area (Å²) < 4.78 is 17.0. The summed E-state index contributed by atoms with van der Waals surface area (Å²) in [4.78, 5) is 25.9. The Balaban J connectivity index is 1.20. The van der Waals surface area contributed by atoms with Crippen molar-refractivity contribution in [2.24, 2.45) is 5.92 Å². The van der Waals surface area contributed by atoms with E-state index in [-0.39, 0.29) is 24.0 Å². The van der Waals surface area contributed by atoms with Crippen LogP contribution < -0.4 is 10.1 Å². The number of nitrogens with one attached hydrogen (secondary N) is 1.